The number of hydrogen-bond donors (Lipinski definition) is 1. The molecule has 178 valence electrons. The van der Waals surface area contributed by atoms with E-state index in [0.717, 1.165) is 36.8 Å². The van der Waals surface area contributed by atoms with Gasteiger partial charge >= 0.3 is 6.29 Å². The standard InChI is InChI=1S/C28H28F2O4/c1-3-11-27(32)12-10-22-20-7-4-16-13-18(31)6-8-19(16)25(20)21(15-26(22,27)2)17-5-9-23-24(14-17)34-28(29,30)33-23/h5,9,13-14,20-22,32H,4,6-8,10,12,15H2,1-2H3/t20-,21?,22-,26-,27?/m0/s1. The van der Waals surface area contributed by atoms with Crippen LogP contribution in [0.1, 0.15) is 70.3 Å². The lowest BCUT2D eigenvalue weighted by molar-refractivity contribution is -0.286. The van der Waals surface area contributed by atoms with Crippen molar-refractivity contribution in [2.45, 2.75) is 76.6 Å². The van der Waals surface area contributed by atoms with Crippen LogP contribution in [0.15, 0.2) is 41.0 Å². The SMILES string of the molecule is CC#CC1(O)CC[C@H]2[C@@H]3CCC4=CC(=O)CCC4=C3C(c3ccc4c(c3)OC(F)(F)O4)C[C@@]21C. The third-order valence-electron chi connectivity index (χ3n) is 9.05. The molecule has 2 unspecified atom stereocenters. The van der Waals surface area contributed by atoms with Crippen LogP contribution in [-0.2, 0) is 4.79 Å². The van der Waals surface area contributed by atoms with Gasteiger partial charge in [-0.05, 0) is 92.2 Å². The van der Waals surface area contributed by atoms with Gasteiger partial charge in [0.15, 0.2) is 17.3 Å². The Morgan fingerprint density at radius 3 is 2.71 bits per heavy atom. The highest BCUT2D eigenvalue weighted by Crippen LogP contribution is 2.66. The zero-order chi connectivity index (χ0) is 23.9. The van der Waals surface area contributed by atoms with Crippen LogP contribution in [0, 0.1) is 29.1 Å². The maximum absolute atomic E-state index is 13.7. The Hall–Kier alpha value is -2.65. The van der Waals surface area contributed by atoms with Crippen molar-refractivity contribution in [2.24, 2.45) is 17.3 Å². The molecule has 0 amide bonds. The molecule has 5 atom stereocenters. The van der Waals surface area contributed by atoms with Crippen LogP contribution < -0.4 is 9.47 Å². The van der Waals surface area contributed by atoms with E-state index in [1.807, 2.05) is 6.07 Å². The number of rotatable bonds is 1. The van der Waals surface area contributed by atoms with Crippen molar-refractivity contribution in [3.05, 3.63) is 46.6 Å². The van der Waals surface area contributed by atoms with E-state index in [0.29, 0.717) is 19.3 Å². The first-order valence-corrected chi connectivity index (χ1v) is 12.2. The number of ether oxygens (including phenoxy) is 2. The van der Waals surface area contributed by atoms with Crippen molar-refractivity contribution in [1.29, 1.82) is 0 Å². The average Bonchev–Trinajstić information content (AvgIpc) is 3.23. The normalized spacial score (nSPS) is 37.3. The Kier molecular flexibility index (Phi) is 4.61. The van der Waals surface area contributed by atoms with Crippen molar-refractivity contribution in [3.8, 4) is 23.3 Å². The highest BCUT2D eigenvalue weighted by molar-refractivity contribution is 5.93. The Bertz CT molecular complexity index is 1220. The molecule has 0 saturated heterocycles. The van der Waals surface area contributed by atoms with E-state index >= 15 is 0 Å². The van der Waals surface area contributed by atoms with Crippen LogP contribution in [0.3, 0.4) is 0 Å². The summed E-state index contributed by atoms with van der Waals surface area (Å²) in [4.78, 5) is 12.2. The highest BCUT2D eigenvalue weighted by Gasteiger charge is 2.62. The number of aliphatic hydroxyl groups is 1. The van der Waals surface area contributed by atoms with Gasteiger partial charge in [-0.2, -0.15) is 0 Å². The number of carbonyl (C=O) groups excluding carboxylic acids is 1. The van der Waals surface area contributed by atoms with Gasteiger partial charge in [0.25, 0.3) is 0 Å². The van der Waals surface area contributed by atoms with Crippen molar-refractivity contribution >= 4 is 5.78 Å². The summed E-state index contributed by atoms with van der Waals surface area (Å²) in [5, 5.41) is 11.7. The fraction of sp³-hybridized carbons (Fsp3) is 0.536. The molecule has 1 aliphatic heterocycles. The van der Waals surface area contributed by atoms with E-state index in [2.05, 4.69) is 23.5 Å². The van der Waals surface area contributed by atoms with Crippen LogP contribution in [0.5, 0.6) is 11.5 Å². The maximum atomic E-state index is 13.7. The van der Waals surface area contributed by atoms with Crippen LogP contribution in [-0.4, -0.2) is 22.8 Å². The van der Waals surface area contributed by atoms with Gasteiger partial charge < -0.3 is 14.6 Å². The van der Waals surface area contributed by atoms with E-state index in [1.54, 1.807) is 25.1 Å². The highest BCUT2D eigenvalue weighted by atomic mass is 19.3. The fourth-order valence-corrected chi connectivity index (χ4v) is 7.56. The van der Waals surface area contributed by atoms with Crippen LogP contribution in [0.25, 0.3) is 0 Å². The van der Waals surface area contributed by atoms with Gasteiger partial charge in [0.05, 0.1) is 0 Å². The molecule has 0 aromatic heterocycles. The van der Waals surface area contributed by atoms with Crippen molar-refractivity contribution in [2.75, 3.05) is 0 Å². The summed E-state index contributed by atoms with van der Waals surface area (Å²) >= 11 is 0. The van der Waals surface area contributed by atoms with Gasteiger partial charge in [0, 0.05) is 17.8 Å². The molecular weight excluding hydrogens is 438 g/mol. The van der Waals surface area contributed by atoms with E-state index in [1.165, 1.54) is 11.1 Å². The lowest BCUT2D eigenvalue weighted by atomic mass is 9.51. The molecule has 6 rings (SSSR count). The molecule has 0 spiro atoms. The van der Waals surface area contributed by atoms with E-state index in [9.17, 15) is 18.7 Å². The van der Waals surface area contributed by atoms with Crippen molar-refractivity contribution in [3.63, 3.8) is 0 Å². The summed E-state index contributed by atoms with van der Waals surface area (Å²) in [5.41, 5.74) is 3.09. The zero-order valence-corrected chi connectivity index (χ0v) is 19.4. The summed E-state index contributed by atoms with van der Waals surface area (Å²) in [6.07, 6.45) is 3.35. The number of fused-ring (bicyclic) bond motifs is 5. The van der Waals surface area contributed by atoms with Gasteiger partial charge in [0.2, 0.25) is 0 Å². The van der Waals surface area contributed by atoms with Crippen LogP contribution >= 0.6 is 0 Å². The first kappa shape index (κ1) is 21.9. The number of allylic oxidation sites excluding steroid dienone is 4. The van der Waals surface area contributed by atoms with Gasteiger partial charge in [0.1, 0.15) is 5.60 Å². The summed E-state index contributed by atoms with van der Waals surface area (Å²) in [7, 11) is 0. The number of carbonyl (C=O) groups is 1. The molecule has 1 aromatic rings. The lowest BCUT2D eigenvalue weighted by Gasteiger charge is -2.53. The molecule has 1 N–H and O–H groups in total. The lowest BCUT2D eigenvalue weighted by Crippen LogP contribution is -2.51. The number of ketones is 1. The second-order valence-corrected chi connectivity index (χ2v) is 10.6. The molecule has 6 heteroatoms. The number of benzene rings is 1. The first-order valence-electron chi connectivity index (χ1n) is 12.2. The van der Waals surface area contributed by atoms with Gasteiger partial charge in [-0.3, -0.25) is 4.79 Å². The van der Waals surface area contributed by atoms with Crippen molar-refractivity contribution in [1.82, 2.24) is 0 Å². The summed E-state index contributed by atoms with van der Waals surface area (Å²) in [6, 6.07) is 5.06. The van der Waals surface area contributed by atoms with Crippen LogP contribution in [0.2, 0.25) is 0 Å². The molecule has 2 saturated carbocycles. The second kappa shape index (κ2) is 7.18. The molecule has 5 aliphatic rings. The molecule has 34 heavy (non-hydrogen) atoms. The number of halogens is 2. The Balaban J connectivity index is 1.52. The molecule has 4 aliphatic carbocycles. The number of alkyl halides is 2. The fourth-order valence-electron chi connectivity index (χ4n) is 7.56. The van der Waals surface area contributed by atoms with E-state index < -0.39 is 17.3 Å². The minimum absolute atomic E-state index is 0.0320. The van der Waals surface area contributed by atoms with E-state index in [4.69, 9.17) is 4.74 Å². The summed E-state index contributed by atoms with van der Waals surface area (Å²) < 4.78 is 36.8. The Morgan fingerprint density at radius 2 is 1.91 bits per heavy atom. The monoisotopic (exact) mass is 466 g/mol. The average molecular weight is 467 g/mol. The molecule has 0 radical (unpaired) electrons. The van der Waals surface area contributed by atoms with Crippen molar-refractivity contribution < 1.29 is 28.2 Å². The third-order valence-corrected chi connectivity index (χ3v) is 9.05. The zero-order valence-electron chi connectivity index (χ0n) is 19.4. The van der Waals surface area contributed by atoms with Gasteiger partial charge in [-0.25, -0.2) is 0 Å². The quantitative estimate of drug-likeness (QED) is 0.543. The van der Waals surface area contributed by atoms with Gasteiger partial charge in [-0.15, -0.1) is 14.7 Å². The van der Waals surface area contributed by atoms with Crippen LogP contribution in [0.4, 0.5) is 8.78 Å². The minimum atomic E-state index is -3.66. The minimum Gasteiger partial charge on any atom is -0.395 e. The topological polar surface area (TPSA) is 55.8 Å². The molecule has 4 nitrogen and oxygen atoms in total. The van der Waals surface area contributed by atoms with Gasteiger partial charge in [-0.1, -0.05) is 24.5 Å². The maximum Gasteiger partial charge on any atom is 0.586 e. The Labute approximate surface area is 198 Å². The Morgan fingerprint density at radius 1 is 1.12 bits per heavy atom. The molecule has 0 bridgehead atoms. The molecule has 2 fully saturated rings. The predicted molar refractivity (Wildman–Crippen MR) is 121 cm³/mol. The predicted octanol–water partition coefficient (Wildman–Crippen LogP) is 5.66. The first-order chi connectivity index (χ1) is 16.1. The molecular formula is C28H28F2O4. The molecule has 1 heterocycles. The smallest absolute Gasteiger partial charge is 0.395 e. The third kappa shape index (κ3) is 3.02. The largest absolute Gasteiger partial charge is 0.586 e. The summed E-state index contributed by atoms with van der Waals surface area (Å²) in [5.74, 6) is 6.80. The molecule has 1 aromatic carbocycles. The summed E-state index contributed by atoms with van der Waals surface area (Å²) in [6.45, 7) is 3.91. The second-order valence-electron chi connectivity index (χ2n) is 10.6. The number of hydrogen-bond acceptors (Lipinski definition) is 4. The van der Waals surface area contributed by atoms with E-state index in [-0.39, 0.29) is 35.0 Å².